The van der Waals surface area contributed by atoms with Gasteiger partial charge in [0.25, 0.3) is 0 Å². The zero-order valence-corrected chi connectivity index (χ0v) is 35.9. The van der Waals surface area contributed by atoms with Crippen LogP contribution in [-0.4, -0.2) is 0 Å². The van der Waals surface area contributed by atoms with Crippen LogP contribution in [0.25, 0.3) is 77.3 Å². The molecular formula is C61H37NO2S. The van der Waals surface area contributed by atoms with Gasteiger partial charge in [-0.05, 0) is 105 Å². The lowest BCUT2D eigenvalue weighted by atomic mass is 9.67. The van der Waals surface area contributed by atoms with Crippen molar-refractivity contribution in [2.45, 2.75) is 15.2 Å². The Hall–Kier alpha value is -8.05. The topological polar surface area (TPSA) is 29.5 Å². The highest BCUT2D eigenvalue weighted by Gasteiger charge is 2.51. The van der Waals surface area contributed by atoms with Crippen LogP contribution in [-0.2, 0) is 5.41 Å². The number of hydrogen-bond donors (Lipinski definition) is 0. The van der Waals surface area contributed by atoms with E-state index in [1.54, 1.807) is 0 Å². The maximum Gasteiger partial charge on any atom is 0.145 e. The molecule has 12 aromatic rings. The van der Waals surface area contributed by atoms with E-state index in [4.69, 9.17) is 8.83 Å². The zero-order valence-electron chi connectivity index (χ0n) is 35.0. The van der Waals surface area contributed by atoms with Gasteiger partial charge in [-0.15, -0.1) is 0 Å². The predicted octanol–water partition coefficient (Wildman–Crippen LogP) is 17.1. The Labute approximate surface area is 379 Å². The Morgan fingerprint density at radius 2 is 0.985 bits per heavy atom. The van der Waals surface area contributed by atoms with Gasteiger partial charge in [0, 0.05) is 31.5 Å². The van der Waals surface area contributed by atoms with Crippen LogP contribution in [0.15, 0.2) is 243 Å². The van der Waals surface area contributed by atoms with Crippen LogP contribution in [0.5, 0.6) is 0 Å². The molecule has 2 aliphatic rings. The number of fused-ring (bicyclic) bond motifs is 15. The molecule has 0 saturated heterocycles. The second kappa shape index (κ2) is 14.0. The fourth-order valence-corrected chi connectivity index (χ4v) is 12.4. The van der Waals surface area contributed by atoms with Crippen molar-refractivity contribution in [3.05, 3.63) is 247 Å². The van der Waals surface area contributed by atoms with Crippen molar-refractivity contribution >= 4 is 72.7 Å². The Morgan fingerprint density at radius 1 is 0.369 bits per heavy atom. The lowest BCUT2D eigenvalue weighted by molar-refractivity contribution is 0.669. The number of rotatable bonds is 5. The summed E-state index contributed by atoms with van der Waals surface area (Å²) in [7, 11) is 0. The van der Waals surface area contributed by atoms with E-state index in [2.05, 4.69) is 229 Å². The van der Waals surface area contributed by atoms with E-state index in [1.165, 1.54) is 43.2 Å². The third-order valence-electron chi connectivity index (χ3n) is 13.7. The summed E-state index contributed by atoms with van der Waals surface area (Å²) in [5, 5.41) is 4.29. The lowest BCUT2D eigenvalue weighted by Crippen LogP contribution is -2.32. The Balaban J connectivity index is 1.13. The summed E-state index contributed by atoms with van der Waals surface area (Å²) < 4.78 is 13.8. The molecular weight excluding hydrogens is 811 g/mol. The second-order valence-corrected chi connectivity index (χ2v) is 18.1. The van der Waals surface area contributed by atoms with Gasteiger partial charge in [-0.25, -0.2) is 0 Å². The molecule has 0 bridgehead atoms. The van der Waals surface area contributed by atoms with Crippen molar-refractivity contribution in [3.63, 3.8) is 0 Å². The van der Waals surface area contributed by atoms with E-state index in [1.807, 2.05) is 11.8 Å². The number of furan rings is 2. The minimum Gasteiger partial charge on any atom is -0.456 e. The van der Waals surface area contributed by atoms with E-state index in [-0.39, 0.29) is 0 Å². The Kier molecular flexibility index (Phi) is 7.83. The molecule has 0 saturated carbocycles. The van der Waals surface area contributed by atoms with Crippen molar-refractivity contribution in [1.82, 2.24) is 0 Å². The first kappa shape index (κ1) is 36.4. The summed E-state index contributed by atoms with van der Waals surface area (Å²) in [6.45, 7) is 0. The van der Waals surface area contributed by atoms with Gasteiger partial charge in [0.1, 0.15) is 22.3 Å². The number of nitrogens with zero attached hydrogens (tertiary/aromatic N) is 1. The Bertz CT molecular complexity index is 3840. The monoisotopic (exact) mass is 847 g/mol. The summed E-state index contributed by atoms with van der Waals surface area (Å²) in [5.74, 6) is 0. The molecule has 2 aromatic heterocycles. The van der Waals surface area contributed by atoms with Gasteiger partial charge >= 0.3 is 0 Å². The molecule has 304 valence electrons. The standard InChI is InChI=1S/C61H37NO2S/c1-3-17-38(18-4-1)40-33-36-54-45(37-40)58-50(28-16-31-55(58)63-54)62(51-35-34-44-43-23-9-13-30-53(43)64-59(44)57(51)39-19-5-2-6-20-39)52-29-15-27-49-60(52)65-56-32-14-12-26-48(56)61(49)46-24-10-7-21-41(46)42-22-8-11-25-47(42)61/h1-37H. The zero-order chi connectivity index (χ0) is 42.6. The third kappa shape index (κ3) is 5.14. The summed E-state index contributed by atoms with van der Waals surface area (Å²) in [5.41, 5.74) is 18.1. The quantitative estimate of drug-likeness (QED) is 0.173. The summed E-state index contributed by atoms with van der Waals surface area (Å²) in [4.78, 5) is 4.95. The minimum atomic E-state index is -0.546. The first-order chi connectivity index (χ1) is 32.3. The first-order valence-corrected chi connectivity index (χ1v) is 23.0. The summed E-state index contributed by atoms with van der Waals surface area (Å²) in [6.07, 6.45) is 0. The van der Waals surface area contributed by atoms with Crippen molar-refractivity contribution < 1.29 is 8.83 Å². The number of para-hydroxylation sites is 1. The van der Waals surface area contributed by atoms with E-state index in [0.29, 0.717) is 0 Å². The molecule has 1 spiro atoms. The maximum absolute atomic E-state index is 6.97. The molecule has 0 amide bonds. The van der Waals surface area contributed by atoms with Gasteiger partial charge < -0.3 is 13.7 Å². The fourth-order valence-electron chi connectivity index (χ4n) is 11.1. The van der Waals surface area contributed by atoms with Crippen molar-refractivity contribution in [2.75, 3.05) is 4.90 Å². The molecule has 0 atom stereocenters. The molecule has 65 heavy (non-hydrogen) atoms. The number of hydrogen-bond acceptors (Lipinski definition) is 4. The molecule has 3 heterocycles. The van der Waals surface area contributed by atoms with Crippen LogP contribution in [0.3, 0.4) is 0 Å². The molecule has 0 fully saturated rings. The highest BCUT2D eigenvalue weighted by molar-refractivity contribution is 7.99. The lowest BCUT2D eigenvalue weighted by Gasteiger charge is -2.41. The van der Waals surface area contributed by atoms with Gasteiger partial charge in [-0.2, -0.15) is 0 Å². The SMILES string of the molecule is c1ccc(-c2ccc3oc4cccc(N(c5cccc6c5Sc5ccccc5C65c6ccccc6-c6ccccc65)c5ccc6c(oc7ccccc76)c5-c5ccccc5)c4c3c2)cc1. The fraction of sp³-hybridized carbons (Fsp3) is 0.0164. The van der Waals surface area contributed by atoms with E-state index in [0.717, 1.165) is 83.2 Å². The van der Waals surface area contributed by atoms with Crippen molar-refractivity contribution in [2.24, 2.45) is 0 Å². The highest BCUT2D eigenvalue weighted by Crippen LogP contribution is 2.64. The molecule has 3 nitrogen and oxygen atoms in total. The highest BCUT2D eigenvalue weighted by atomic mass is 32.2. The van der Waals surface area contributed by atoms with Gasteiger partial charge in [-0.3, -0.25) is 0 Å². The van der Waals surface area contributed by atoms with Crippen molar-refractivity contribution in [3.8, 4) is 33.4 Å². The molecule has 1 aliphatic carbocycles. The first-order valence-electron chi connectivity index (χ1n) is 22.2. The minimum absolute atomic E-state index is 0.546. The van der Waals surface area contributed by atoms with E-state index in [9.17, 15) is 0 Å². The molecule has 0 unspecified atom stereocenters. The number of benzene rings is 10. The van der Waals surface area contributed by atoms with Gasteiger partial charge in [0.2, 0.25) is 0 Å². The normalized spacial score (nSPS) is 13.3. The molecule has 0 radical (unpaired) electrons. The largest absolute Gasteiger partial charge is 0.456 e. The predicted molar refractivity (Wildman–Crippen MR) is 268 cm³/mol. The maximum atomic E-state index is 6.97. The van der Waals surface area contributed by atoms with Gasteiger partial charge in [-0.1, -0.05) is 182 Å². The van der Waals surface area contributed by atoms with Crippen LogP contribution >= 0.6 is 11.8 Å². The van der Waals surface area contributed by atoms with E-state index < -0.39 is 5.41 Å². The molecule has 14 rings (SSSR count). The van der Waals surface area contributed by atoms with Crippen LogP contribution in [0, 0.1) is 0 Å². The van der Waals surface area contributed by atoms with Gasteiger partial charge in [0.05, 0.1) is 27.9 Å². The molecule has 10 aromatic carbocycles. The van der Waals surface area contributed by atoms with Crippen LogP contribution < -0.4 is 4.90 Å². The Morgan fingerprint density at radius 3 is 1.78 bits per heavy atom. The smallest absolute Gasteiger partial charge is 0.145 e. The average molecular weight is 848 g/mol. The average Bonchev–Trinajstić information content (AvgIpc) is 4.04. The summed E-state index contributed by atoms with van der Waals surface area (Å²) in [6, 6.07) is 81.4. The molecule has 1 aliphatic heterocycles. The molecule has 4 heteroatoms. The molecule has 0 N–H and O–H groups in total. The third-order valence-corrected chi connectivity index (χ3v) is 15.0. The van der Waals surface area contributed by atoms with Crippen LogP contribution in [0.1, 0.15) is 22.3 Å². The van der Waals surface area contributed by atoms with E-state index >= 15 is 0 Å². The van der Waals surface area contributed by atoms with Crippen LogP contribution in [0.4, 0.5) is 17.1 Å². The summed E-state index contributed by atoms with van der Waals surface area (Å²) >= 11 is 1.87. The van der Waals surface area contributed by atoms with Crippen molar-refractivity contribution in [1.29, 1.82) is 0 Å². The van der Waals surface area contributed by atoms with Gasteiger partial charge in [0.15, 0.2) is 0 Å². The van der Waals surface area contributed by atoms with Crippen LogP contribution in [0.2, 0.25) is 0 Å². The number of anilines is 3. The second-order valence-electron chi connectivity index (χ2n) is 17.1.